The van der Waals surface area contributed by atoms with Crippen LogP contribution in [0.4, 0.5) is 14.5 Å². The van der Waals surface area contributed by atoms with Crippen molar-refractivity contribution in [3.63, 3.8) is 0 Å². The van der Waals surface area contributed by atoms with Gasteiger partial charge in [0, 0.05) is 11.8 Å². The van der Waals surface area contributed by atoms with Gasteiger partial charge in [-0.1, -0.05) is 0 Å². The summed E-state index contributed by atoms with van der Waals surface area (Å²) in [6.07, 6.45) is 0. The summed E-state index contributed by atoms with van der Waals surface area (Å²) >= 11 is 0. The highest BCUT2D eigenvalue weighted by atomic mass is 19.1. The Morgan fingerprint density at radius 3 is 2.45 bits per heavy atom. The SMILES string of the molecule is CCOc1ccc(NC(=O)COc2ccc(F)cc2)cc1F. The monoisotopic (exact) mass is 307 g/mol. The summed E-state index contributed by atoms with van der Waals surface area (Å²) in [6, 6.07) is 9.43. The van der Waals surface area contributed by atoms with Crippen molar-refractivity contribution in [2.45, 2.75) is 6.92 Å². The molecule has 2 aromatic carbocycles. The Balaban J connectivity index is 1.89. The Labute approximate surface area is 126 Å². The van der Waals surface area contributed by atoms with E-state index in [0.29, 0.717) is 18.0 Å². The van der Waals surface area contributed by atoms with Crippen LogP contribution in [-0.4, -0.2) is 19.1 Å². The molecule has 2 aromatic rings. The number of carbonyl (C=O) groups excluding carboxylic acids is 1. The van der Waals surface area contributed by atoms with Crippen LogP contribution in [0.5, 0.6) is 11.5 Å². The zero-order valence-corrected chi connectivity index (χ0v) is 11.9. The predicted molar refractivity (Wildman–Crippen MR) is 78.1 cm³/mol. The molecular weight excluding hydrogens is 292 g/mol. The molecule has 22 heavy (non-hydrogen) atoms. The Morgan fingerprint density at radius 2 is 1.82 bits per heavy atom. The molecule has 4 nitrogen and oxygen atoms in total. The van der Waals surface area contributed by atoms with Gasteiger partial charge in [-0.05, 0) is 43.3 Å². The summed E-state index contributed by atoms with van der Waals surface area (Å²) < 4.78 is 36.6. The van der Waals surface area contributed by atoms with Crippen LogP contribution in [0.15, 0.2) is 42.5 Å². The van der Waals surface area contributed by atoms with Gasteiger partial charge >= 0.3 is 0 Å². The molecule has 0 aliphatic heterocycles. The number of hydrogen-bond acceptors (Lipinski definition) is 3. The molecule has 0 radical (unpaired) electrons. The third kappa shape index (κ3) is 4.44. The van der Waals surface area contributed by atoms with Crippen LogP contribution in [0, 0.1) is 11.6 Å². The topological polar surface area (TPSA) is 47.6 Å². The van der Waals surface area contributed by atoms with E-state index in [9.17, 15) is 13.6 Å². The summed E-state index contributed by atoms with van der Waals surface area (Å²) in [5, 5.41) is 2.50. The van der Waals surface area contributed by atoms with Crippen LogP contribution < -0.4 is 14.8 Å². The van der Waals surface area contributed by atoms with E-state index in [1.54, 1.807) is 6.92 Å². The van der Waals surface area contributed by atoms with Crippen LogP contribution in [0.25, 0.3) is 0 Å². The number of benzene rings is 2. The van der Waals surface area contributed by atoms with E-state index in [-0.39, 0.29) is 18.2 Å². The zero-order chi connectivity index (χ0) is 15.9. The summed E-state index contributed by atoms with van der Waals surface area (Å²) in [7, 11) is 0. The third-order valence-corrected chi connectivity index (χ3v) is 2.70. The number of amides is 1. The molecule has 2 rings (SSSR count). The van der Waals surface area contributed by atoms with E-state index >= 15 is 0 Å². The number of carbonyl (C=O) groups is 1. The fraction of sp³-hybridized carbons (Fsp3) is 0.188. The first-order chi connectivity index (χ1) is 10.6. The van der Waals surface area contributed by atoms with Crippen LogP contribution in [0.1, 0.15) is 6.92 Å². The lowest BCUT2D eigenvalue weighted by atomic mass is 10.3. The van der Waals surface area contributed by atoms with Crippen molar-refractivity contribution < 1.29 is 23.0 Å². The Morgan fingerprint density at radius 1 is 1.09 bits per heavy atom. The van der Waals surface area contributed by atoms with E-state index in [1.807, 2.05) is 0 Å². The highest BCUT2D eigenvalue weighted by Crippen LogP contribution is 2.21. The first kappa shape index (κ1) is 15.8. The molecule has 0 atom stereocenters. The van der Waals surface area contributed by atoms with Gasteiger partial charge in [0.2, 0.25) is 0 Å². The van der Waals surface area contributed by atoms with Crippen molar-refractivity contribution in [3.05, 3.63) is 54.1 Å². The van der Waals surface area contributed by atoms with Crippen molar-refractivity contribution >= 4 is 11.6 Å². The van der Waals surface area contributed by atoms with Gasteiger partial charge in [-0.15, -0.1) is 0 Å². The highest BCUT2D eigenvalue weighted by Gasteiger charge is 2.08. The Kier molecular flexibility index (Phi) is 5.30. The Hall–Kier alpha value is -2.63. The van der Waals surface area contributed by atoms with Gasteiger partial charge in [0.1, 0.15) is 11.6 Å². The molecule has 6 heteroatoms. The zero-order valence-electron chi connectivity index (χ0n) is 11.9. The fourth-order valence-electron chi connectivity index (χ4n) is 1.73. The minimum Gasteiger partial charge on any atom is -0.491 e. The highest BCUT2D eigenvalue weighted by molar-refractivity contribution is 5.91. The minimum absolute atomic E-state index is 0.128. The van der Waals surface area contributed by atoms with E-state index in [0.717, 1.165) is 0 Å². The smallest absolute Gasteiger partial charge is 0.262 e. The number of nitrogens with one attached hydrogen (secondary N) is 1. The van der Waals surface area contributed by atoms with Gasteiger partial charge < -0.3 is 14.8 Å². The molecule has 0 saturated carbocycles. The lowest BCUT2D eigenvalue weighted by Gasteiger charge is -2.09. The molecule has 0 heterocycles. The summed E-state index contributed by atoms with van der Waals surface area (Å²) in [5.74, 6) is -0.897. The first-order valence-corrected chi connectivity index (χ1v) is 6.69. The second-order valence-corrected chi connectivity index (χ2v) is 4.37. The van der Waals surface area contributed by atoms with Crippen LogP contribution in [-0.2, 0) is 4.79 Å². The lowest BCUT2D eigenvalue weighted by Crippen LogP contribution is -2.20. The minimum atomic E-state index is -0.556. The quantitative estimate of drug-likeness (QED) is 0.890. The van der Waals surface area contributed by atoms with Crippen molar-refractivity contribution in [1.82, 2.24) is 0 Å². The number of rotatable bonds is 6. The maximum Gasteiger partial charge on any atom is 0.262 e. The van der Waals surface area contributed by atoms with Crippen molar-refractivity contribution in [2.24, 2.45) is 0 Å². The van der Waals surface area contributed by atoms with Gasteiger partial charge in [0.05, 0.1) is 6.61 Å². The van der Waals surface area contributed by atoms with Gasteiger partial charge in [-0.3, -0.25) is 4.79 Å². The normalized spacial score (nSPS) is 10.1. The van der Waals surface area contributed by atoms with Crippen LogP contribution >= 0.6 is 0 Å². The molecule has 0 saturated heterocycles. The molecule has 116 valence electrons. The average molecular weight is 307 g/mol. The summed E-state index contributed by atoms with van der Waals surface area (Å²) in [4.78, 5) is 11.7. The first-order valence-electron chi connectivity index (χ1n) is 6.69. The molecule has 0 aromatic heterocycles. The second kappa shape index (κ2) is 7.40. The van der Waals surface area contributed by atoms with E-state index < -0.39 is 11.7 Å². The average Bonchev–Trinajstić information content (AvgIpc) is 2.50. The van der Waals surface area contributed by atoms with E-state index in [2.05, 4.69) is 5.32 Å². The molecule has 0 spiro atoms. The molecule has 0 aliphatic carbocycles. The lowest BCUT2D eigenvalue weighted by molar-refractivity contribution is -0.118. The van der Waals surface area contributed by atoms with Gasteiger partial charge in [0.15, 0.2) is 18.2 Å². The van der Waals surface area contributed by atoms with Gasteiger partial charge in [-0.25, -0.2) is 8.78 Å². The fourth-order valence-corrected chi connectivity index (χ4v) is 1.73. The molecule has 1 N–H and O–H groups in total. The summed E-state index contributed by atoms with van der Waals surface area (Å²) in [6.45, 7) is 1.84. The van der Waals surface area contributed by atoms with Gasteiger partial charge in [0.25, 0.3) is 5.91 Å². The molecular formula is C16H15F2NO3. The maximum absolute atomic E-state index is 13.6. The van der Waals surface area contributed by atoms with E-state index in [1.165, 1.54) is 42.5 Å². The number of ether oxygens (including phenoxy) is 2. The van der Waals surface area contributed by atoms with Crippen molar-refractivity contribution in [2.75, 3.05) is 18.5 Å². The standard InChI is InChI=1S/C16H15F2NO3/c1-2-21-15-8-5-12(9-14(15)18)19-16(20)10-22-13-6-3-11(17)4-7-13/h3-9H,2,10H2,1H3,(H,19,20). The molecule has 0 aliphatic rings. The number of halogens is 2. The van der Waals surface area contributed by atoms with Crippen molar-refractivity contribution in [3.8, 4) is 11.5 Å². The van der Waals surface area contributed by atoms with Crippen LogP contribution in [0.3, 0.4) is 0 Å². The van der Waals surface area contributed by atoms with Crippen LogP contribution in [0.2, 0.25) is 0 Å². The second-order valence-electron chi connectivity index (χ2n) is 4.37. The summed E-state index contributed by atoms with van der Waals surface area (Å²) in [5.41, 5.74) is 0.300. The Bertz CT molecular complexity index is 644. The number of hydrogen-bond donors (Lipinski definition) is 1. The van der Waals surface area contributed by atoms with E-state index in [4.69, 9.17) is 9.47 Å². The van der Waals surface area contributed by atoms with Gasteiger partial charge in [-0.2, -0.15) is 0 Å². The largest absolute Gasteiger partial charge is 0.491 e. The molecule has 1 amide bonds. The third-order valence-electron chi connectivity index (χ3n) is 2.70. The number of anilines is 1. The predicted octanol–water partition coefficient (Wildman–Crippen LogP) is 3.38. The van der Waals surface area contributed by atoms with Crippen molar-refractivity contribution in [1.29, 1.82) is 0 Å². The molecule has 0 bridgehead atoms. The molecule has 0 unspecified atom stereocenters. The maximum atomic E-state index is 13.6. The molecule has 0 fully saturated rings.